The van der Waals surface area contributed by atoms with Gasteiger partial charge >= 0.3 is 6.03 Å². The summed E-state index contributed by atoms with van der Waals surface area (Å²) in [5, 5.41) is 0. The number of imidazole rings is 1. The third kappa shape index (κ3) is 1.30. The van der Waals surface area contributed by atoms with Gasteiger partial charge in [-0.3, -0.25) is 14.8 Å². The molecule has 3 heterocycles. The second-order valence-corrected chi connectivity index (χ2v) is 4.32. The minimum absolute atomic E-state index is 0.00861. The average Bonchev–Trinajstić information content (AvgIpc) is 2.90. The summed E-state index contributed by atoms with van der Waals surface area (Å²) >= 11 is 0. The number of aromatic nitrogens is 2. The van der Waals surface area contributed by atoms with Crippen LogP contribution in [0.25, 0.3) is 0 Å². The molecule has 6 heteroatoms. The van der Waals surface area contributed by atoms with Gasteiger partial charge in [-0.15, -0.1) is 0 Å². The van der Waals surface area contributed by atoms with Gasteiger partial charge in [0.1, 0.15) is 5.69 Å². The van der Waals surface area contributed by atoms with Crippen LogP contribution < -0.4 is 4.90 Å². The van der Waals surface area contributed by atoms with E-state index in [1.165, 1.54) is 0 Å². The van der Waals surface area contributed by atoms with Gasteiger partial charge in [-0.1, -0.05) is 6.92 Å². The minimum Gasteiger partial charge on any atom is -0.329 e. The van der Waals surface area contributed by atoms with Crippen LogP contribution in [0.1, 0.15) is 19.0 Å². The first-order valence-corrected chi connectivity index (χ1v) is 5.89. The fourth-order valence-corrected chi connectivity index (χ4v) is 2.37. The summed E-state index contributed by atoms with van der Waals surface area (Å²) in [6.07, 6.45) is 2.66. The van der Waals surface area contributed by atoms with E-state index in [1.54, 1.807) is 16.1 Å². The largest absolute Gasteiger partial charge is 0.331 e. The van der Waals surface area contributed by atoms with Crippen molar-refractivity contribution in [1.29, 1.82) is 0 Å². The van der Waals surface area contributed by atoms with Crippen LogP contribution in [-0.4, -0.2) is 46.0 Å². The zero-order valence-electron chi connectivity index (χ0n) is 10.1. The lowest BCUT2D eigenvalue weighted by Crippen LogP contribution is -2.50. The quantitative estimate of drug-likeness (QED) is 0.759. The number of urea groups is 1. The Labute approximate surface area is 99.6 Å². The number of amides is 2. The minimum atomic E-state index is 0.00861. The van der Waals surface area contributed by atoms with Crippen molar-refractivity contribution in [1.82, 2.24) is 14.5 Å². The zero-order valence-corrected chi connectivity index (χ0v) is 10.1. The number of carbonyl (C=O) groups excluding carboxylic acids is 1. The normalized spacial score (nSPS) is 18.2. The Morgan fingerprint density at radius 3 is 3.06 bits per heavy atom. The van der Waals surface area contributed by atoms with Crippen LogP contribution in [0.4, 0.5) is 10.6 Å². The van der Waals surface area contributed by atoms with Gasteiger partial charge in [0, 0.05) is 20.1 Å². The molecule has 0 saturated heterocycles. The fraction of sp³-hybridized carbons (Fsp3) is 0.545. The molecule has 0 N–H and O–H groups in total. The van der Waals surface area contributed by atoms with Crippen LogP contribution in [0.2, 0.25) is 0 Å². The van der Waals surface area contributed by atoms with Crippen molar-refractivity contribution < 1.29 is 4.79 Å². The number of amidine groups is 1. The summed E-state index contributed by atoms with van der Waals surface area (Å²) in [4.78, 5) is 24.5. The molecule has 0 atom stereocenters. The van der Waals surface area contributed by atoms with E-state index in [0.29, 0.717) is 19.6 Å². The highest BCUT2D eigenvalue weighted by Crippen LogP contribution is 2.29. The number of anilines is 1. The first kappa shape index (κ1) is 10.3. The summed E-state index contributed by atoms with van der Waals surface area (Å²) < 4.78 is 1.93. The number of fused-ring (bicyclic) bond motifs is 3. The highest BCUT2D eigenvalue weighted by Gasteiger charge is 2.39. The Balaban J connectivity index is 2.15. The molecule has 0 bridgehead atoms. The summed E-state index contributed by atoms with van der Waals surface area (Å²) in [7, 11) is 1.94. The molecular weight excluding hydrogens is 218 g/mol. The smallest absolute Gasteiger partial charge is 0.329 e. The topological polar surface area (TPSA) is 53.7 Å². The van der Waals surface area contributed by atoms with E-state index in [1.807, 2.05) is 11.6 Å². The second kappa shape index (κ2) is 3.58. The molecule has 0 spiro atoms. The number of aliphatic imine (C=N–C) groups is 1. The van der Waals surface area contributed by atoms with Gasteiger partial charge in [0.15, 0.2) is 11.7 Å². The Hall–Kier alpha value is -1.85. The van der Waals surface area contributed by atoms with Crippen LogP contribution in [0.3, 0.4) is 0 Å². The maximum Gasteiger partial charge on any atom is 0.331 e. The van der Waals surface area contributed by atoms with Gasteiger partial charge < -0.3 is 4.57 Å². The van der Waals surface area contributed by atoms with Crippen molar-refractivity contribution in [2.75, 3.05) is 24.5 Å². The molecular formula is C11H15N5O. The molecule has 0 unspecified atom stereocenters. The van der Waals surface area contributed by atoms with E-state index in [2.05, 4.69) is 16.9 Å². The highest BCUT2D eigenvalue weighted by atomic mass is 16.2. The lowest BCUT2D eigenvalue weighted by molar-refractivity contribution is 0.228. The van der Waals surface area contributed by atoms with E-state index in [4.69, 9.17) is 0 Å². The monoisotopic (exact) mass is 233 g/mol. The van der Waals surface area contributed by atoms with Crippen LogP contribution >= 0.6 is 0 Å². The lowest BCUT2D eigenvalue weighted by Gasteiger charge is -2.32. The molecule has 2 aliphatic heterocycles. The Bertz CT molecular complexity index is 504. The second-order valence-electron chi connectivity index (χ2n) is 4.32. The molecule has 0 aromatic carbocycles. The summed E-state index contributed by atoms with van der Waals surface area (Å²) in [6, 6.07) is 0.00861. The Kier molecular flexibility index (Phi) is 2.17. The maximum absolute atomic E-state index is 12.3. The van der Waals surface area contributed by atoms with Crippen LogP contribution in [0.5, 0.6) is 0 Å². The summed E-state index contributed by atoms with van der Waals surface area (Å²) in [6.45, 7) is 4.13. The molecule has 1 aromatic heterocycles. The highest BCUT2D eigenvalue weighted by molar-refractivity contribution is 6.18. The van der Waals surface area contributed by atoms with Crippen molar-refractivity contribution in [3.05, 3.63) is 12.0 Å². The van der Waals surface area contributed by atoms with Gasteiger partial charge in [0.2, 0.25) is 0 Å². The molecule has 3 rings (SSSR count). The molecule has 2 amide bonds. The first-order chi connectivity index (χ1) is 8.24. The molecule has 0 saturated carbocycles. The number of hydrogen-bond acceptors (Lipinski definition) is 3. The molecule has 0 aliphatic carbocycles. The maximum atomic E-state index is 12.3. The number of hydrogen-bond donors (Lipinski definition) is 0. The fourth-order valence-electron chi connectivity index (χ4n) is 2.37. The van der Waals surface area contributed by atoms with E-state index in [-0.39, 0.29) is 6.03 Å². The lowest BCUT2D eigenvalue weighted by atomic mass is 10.2. The van der Waals surface area contributed by atoms with Crippen molar-refractivity contribution in [3.8, 4) is 0 Å². The van der Waals surface area contributed by atoms with Gasteiger partial charge in [-0.25, -0.2) is 9.78 Å². The number of aryl methyl sites for hydroxylation is 1. The molecule has 1 aromatic rings. The summed E-state index contributed by atoms with van der Waals surface area (Å²) in [5.41, 5.74) is 0.954. The van der Waals surface area contributed by atoms with Gasteiger partial charge in [-0.05, 0) is 6.42 Å². The van der Waals surface area contributed by atoms with Crippen molar-refractivity contribution in [2.45, 2.75) is 13.3 Å². The van der Waals surface area contributed by atoms with Crippen molar-refractivity contribution in [3.63, 3.8) is 0 Å². The van der Waals surface area contributed by atoms with E-state index in [9.17, 15) is 4.79 Å². The molecule has 0 fully saturated rings. The van der Waals surface area contributed by atoms with Crippen molar-refractivity contribution >= 4 is 17.7 Å². The first-order valence-electron chi connectivity index (χ1n) is 5.89. The molecule has 6 nitrogen and oxygen atoms in total. The Morgan fingerprint density at radius 2 is 2.29 bits per heavy atom. The van der Waals surface area contributed by atoms with Gasteiger partial charge in [0.25, 0.3) is 0 Å². The number of nitrogens with zero attached hydrogens (tertiary/aromatic N) is 5. The zero-order chi connectivity index (χ0) is 12.0. The third-order valence-electron chi connectivity index (χ3n) is 3.14. The van der Waals surface area contributed by atoms with Crippen LogP contribution in [-0.2, 0) is 7.05 Å². The standard InChI is InChI=1S/C11H15N5O/c1-3-5-15-10-8(14(2)7-13-10)9-12-4-6-16(9)11(15)17/h7H,3-6H2,1-2H3. The molecule has 2 aliphatic rings. The van der Waals surface area contributed by atoms with Crippen LogP contribution in [0.15, 0.2) is 11.3 Å². The SMILES string of the molecule is CCCN1C(=O)N2CCN=C2c2c1ncn2C. The van der Waals surface area contributed by atoms with E-state index >= 15 is 0 Å². The van der Waals surface area contributed by atoms with Gasteiger partial charge in [-0.2, -0.15) is 0 Å². The summed E-state index contributed by atoms with van der Waals surface area (Å²) in [5.74, 6) is 1.52. The van der Waals surface area contributed by atoms with Crippen molar-refractivity contribution in [2.24, 2.45) is 12.0 Å². The molecule has 90 valence electrons. The third-order valence-corrected chi connectivity index (χ3v) is 3.14. The predicted octanol–water partition coefficient (Wildman–Crippen LogP) is 0.832. The predicted molar refractivity (Wildman–Crippen MR) is 64.4 cm³/mol. The van der Waals surface area contributed by atoms with E-state index < -0.39 is 0 Å². The Morgan fingerprint density at radius 1 is 1.47 bits per heavy atom. The number of carbonyl (C=O) groups is 1. The average molecular weight is 233 g/mol. The molecule has 17 heavy (non-hydrogen) atoms. The van der Waals surface area contributed by atoms with Gasteiger partial charge in [0.05, 0.1) is 12.9 Å². The number of rotatable bonds is 2. The van der Waals surface area contributed by atoms with Crippen LogP contribution in [0, 0.1) is 0 Å². The molecule has 0 radical (unpaired) electrons. The van der Waals surface area contributed by atoms with E-state index in [0.717, 1.165) is 23.8 Å².